The molecule has 1 aromatic heterocycles. The smallest absolute Gasteiger partial charge is 0.229 e. The maximum absolute atomic E-state index is 12.6. The summed E-state index contributed by atoms with van der Waals surface area (Å²) in [4.78, 5) is 14.7. The van der Waals surface area contributed by atoms with Crippen LogP contribution in [0.5, 0.6) is 0 Å². The molecule has 0 bridgehead atoms. The molecule has 1 saturated heterocycles. The number of nitrogens with zero attached hydrogens (tertiary/aromatic N) is 2. The van der Waals surface area contributed by atoms with Gasteiger partial charge in [-0.2, -0.15) is 0 Å². The average molecular weight is 312 g/mol. The van der Waals surface area contributed by atoms with Crippen molar-refractivity contribution in [3.05, 3.63) is 16.5 Å². The second-order valence-electron chi connectivity index (χ2n) is 6.41. The van der Waals surface area contributed by atoms with Crippen LogP contribution in [0.15, 0.2) is 4.52 Å². The van der Waals surface area contributed by atoms with Gasteiger partial charge in [-0.15, -0.1) is 0 Å². The minimum absolute atomic E-state index is 0.106. The van der Waals surface area contributed by atoms with Crippen LogP contribution in [0.1, 0.15) is 43.4 Å². The largest absolute Gasteiger partial charge is 0.344 e. The highest BCUT2D eigenvalue weighted by Gasteiger charge is 2.50. The van der Waals surface area contributed by atoms with Gasteiger partial charge < -0.3 is 15.2 Å². The van der Waals surface area contributed by atoms with Gasteiger partial charge in [0.2, 0.25) is 11.1 Å². The summed E-state index contributed by atoms with van der Waals surface area (Å²) in [5.74, 6) is 0.664. The molecule has 1 amide bonds. The average Bonchev–Trinajstić information content (AvgIpc) is 2.98. The Morgan fingerprint density at radius 2 is 2.33 bits per heavy atom. The lowest BCUT2D eigenvalue weighted by molar-refractivity contribution is -0.138. The van der Waals surface area contributed by atoms with E-state index < -0.39 is 0 Å². The van der Waals surface area contributed by atoms with Gasteiger partial charge in [-0.3, -0.25) is 4.79 Å². The number of hydrogen-bond acceptors (Lipinski definition) is 4. The van der Waals surface area contributed by atoms with E-state index in [2.05, 4.69) is 10.1 Å². The zero-order chi connectivity index (χ0) is 15.0. The molecule has 21 heavy (non-hydrogen) atoms. The van der Waals surface area contributed by atoms with Crippen molar-refractivity contribution in [3.8, 4) is 0 Å². The van der Waals surface area contributed by atoms with Crippen molar-refractivity contribution < 1.29 is 9.32 Å². The van der Waals surface area contributed by atoms with Crippen LogP contribution >= 0.6 is 11.6 Å². The fourth-order valence-electron chi connectivity index (χ4n) is 3.75. The molecule has 0 radical (unpaired) electrons. The Kier molecular flexibility index (Phi) is 3.97. The SMILES string of the molecule is Cc1noc(Cl)c1CCC(=O)N1CC(CN)CC12CCC2. The quantitative estimate of drug-likeness (QED) is 0.926. The monoisotopic (exact) mass is 311 g/mol. The third kappa shape index (κ3) is 2.57. The number of hydrogen-bond donors (Lipinski definition) is 1. The number of rotatable bonds is 4. The molecule has 3 rings (SSSR count). The summed E-state index contributed by atoms with van der Waals surface area (Å²) in [6, 6.07) is 0. The van der Waals surface area contributed by atoms with E-state index in [1.54, 1.807) is 0 Å². The predicted molar refractivity (Wildman–Crippen MR) is 80.0 cm³/mol. The lowest BCUT2D eigenvalue weighted by Gasteiger charge is -2.46. The molecule has 0 aromatic carbocycles. The summed E-state index contributed by atoms with van der Waals surface area (Å²) < 4.78 is 4.93. The fraction of sp³-hybridized carbons (Fsp3) is 0.733. The van der Waals surface area contributed by atoms with Crippen LogP contribution in [0.4, 0.5) is 0 Å². The van der Waals surface area contributed by atoms with Gasteiger partial charge in [0.15, 0.2) is 0 Å². The van der Waals surface area contributed by atoms with Gasteiger partial charge in [0.1, 0.15) is 0 Å². The molecule has 116 valence electrons. The molecular weight excluding hydrogens is 290 g/mol. The Labute approximate surface area is 129 Å². The molecular formula is C15H22ClN3O2. The molecule has 5 nitrogen and oxygen atoms in total. The Bertz CT molecular complexity index is 520. The van der Waals surface area contributed by atoms with Gasteiger partial charge >= 0.3 is 0 Å². The summed E-state index contributed by atoms with van der Waals surface area (Å²) in [7, 11) is 0. The zero-order valence-electron chi connectivity index (χ0n) is 12.4. The summed E-state index contributed by atoms with van der Waals surface area (Å²) in [6.07, 6.45) is 5.60. The number of carbonyl (C=O) groups excluding carboxylic acids is 1. The molecule has 6 heteroatoms. The van der Waals surface area contributed by atoms with Crippen molar-refractivity contribution in [2.24, 2.45) is 11.7 Å². The number of halogens is 1. The summed E-state index contributed by atoms with van der Waals surface area (Å²) >= 11 is 5.96. The second-order valence-corrected chi connectivity index (χ2v) is 6.75. The lowest BCUT2D eigenvalue weighted by Crippen LogP contribution is -2.52. The van der Waals surface area contributed by atoms with Crippen molar-refractivity contribution in [2.75, 3.05) is 13.1 Å². The van der Waals surface area contributed by atoms with E-state index in [-0.39, 0.29) is 11.4 Å². The normalized spacial score (nSPS) is 23.6. The highest BCUT2D eigenvalue weighted by Crippen LogP contribution is 2.47. The first kappa shape index (κ1) is 14.9. The van der Waals surface area contributed by atoms with Crippen LogP contribution in [-0.4, -0.2) is 34.6 Å². The first-order valence-electron chi connectivity index (χ1n) is 7.67. The Balaban J connectivity index is 1.65. The van der Waals surface area contributed by atoms with Gasteiger partial charge in [0.25, 0.3) is 0 Å². The Morgan fingerprint density at radius 3 is 2.86 bits per heavy atom. The topological polar surface area (TPSA) is 72.4 Å². The molecule has 1 saturated carbocycles. The summed E-state index contributed by atoms with van der Waals surface area (Å²) in [5, 5.41) is 4.13. The van der Waals surface area contributed by atoms with Crippen molar-refractivity contribution in [2.45, 2.75) is 51.0 Å². The van der Waals surface area contributed by atoms with Crippen LogP contribution < -0.4 is 5.73 Å². The van der Waals surface area contributed by atoms with Crippen molar-refractivity contribution in [1.29, 1.82) is 0 Å². The van der Waals surface area contributed by atoms with Crippen molar-refractivity contribution >= 4 is 17.5 Å². The van der Waals surface area contributed by atoms with Gasteiger partial charge in [-0.1, -0.05) is 5.16 Å². The van der Waals surface area contributed by atoms with E-state index in [0.29, 0.717) is 30.5 Å². The fourth-order valence-corrected chi connectivity index (χ4v) is 4.02. The van der Waals surface area contributed by atoms with Crippen LogP contribution in [0.25, 0.3) is 0 Å². The van der Waals surface area contributed by atoms with Crippen molar-refractivity contribution in [1.82, 2.24) is 10.1 Å². The number of carbonyl (C=O) groups is 1. The van der Waals surface area contributed by atoms with E-state index in [1.165, 1.54) is 6.42 Å². The number of aryl methyl sites for hydroxylation is 1. The van der Waals surface area contributed by atoms with Gasteiger partial charge in [0.05, 0.1) is 5.69 Å². The molecule has 1 aliphatic carbocycles. The number of amides is 1. The Hall–Kier alpha value is -1.07. The van der Waals surface area contributed by atoms with Crippen molar-refractivity contribution in [3.63, 3.8) is 0 Å². The summed E-state index contributed by atoms with van der Waals surface area (Å²) in [5.41, 5.74) is 7.54. The lowest BCUT2D eigenvalue weighted by atomic mass is 9.73. The highest BCUT2D eigenvalue weighted by molar-refractivity contribution is 6.29. The summed E-state index contributed by atoms with van der Waals surface area (Å²) in [6.45, 7) is 3.33. The molecule has 1 spiro atoms. The molecule has 1 aromatic rings. The molecule has 2 aliphatic rings. The first-order chi connectivity index (χ1) is 10.1. The number of aromatic nitrogens is 1. The van der Waals surface area contributed by atoms with E-state index in [4.69, 9.17) is 21.9 Å². The minimum atomic E-state index is 0.106. The third-order valence-corrected chi connectivity index (χ3v) is 5.42. The van der Waals surface area contributed by atoms with Crippen LogP contribution in [0.3, 0.4) is 0 Å². The van der Waals surface area contributed by atoms with E-state index in [9.17, 15) is 4.79 Å². The first-order valence-corrected chi connectivity index (χ1v) is 8.05. The van der Waals surface area contributed by atoms with Crippen LogP contribution in [-0.2, 0) is 11.2 Å². The van der Waals surface area contributed by atoms with Gasteiger partial charge in [-0.05, 0) is 63.1 Å². The molecule has 1 aliphatic heterocycles. The molecule has 1 atom stereocenters. The third-order valence-electron chi connectivity index (χ3n) is 5.13. The van der Waals surface area contributed by atoms with E-state index in [1.807, 2.05) is 6.92 Å². The maximum Gasteiger partial charge on any atom is 0.229 e. The zero-order valence-corrected chi connectivity index (χ0v) is 13.2. The van der Waals surface area contributed by atoms with Crippen LogP contribution in [0.2, 0.25) is 5.22 Å². The van der Waals surface area contributed by atoms with E-state index in [0.717, 1.165) is 37.1 Å². The second kappa shape index (κ2) is 5.61. The molecule has 2 heterocycles. The standard InChI is InChI=1S/C15H22ClN3O2/c1-10-12(14(16)21-18-10)3-4-13(20)19-9-11(8-17)7-15(19)5-2-6-15/h11H,2-9,17H2,1H3. The number of nitrogens with two attached hydrogens (primary N) is 1. The van der Waals surface area contributed by atoms with Crippen LogP contribution in [0, 0.1) is 12.8 Å². The molecule has 2 N–H and O–H groups in total. The minimum Gasteiger partial charge on any atom is -0.344 e. The molecule has 2 fully saturated rings. The molecule has 1 unspecified atom stereocenters. The maximum atomic E-state index is 12.6. The van der Waals surface area contributed by atoms with Gasteiger partial charge in [-0.25, -0.2) is 0 Å². The van der Waals surface area contributed by atoms with E-state index >= 15 is 0 Å². The highest BCUT2D eigenvalue weighted by atomic mass is 35.5. The van der Waals surface area contributed by atoms with Gasteiger partial charge in [0, 0.05) is 24.1 Å². The number of likely N-dealkylation sites (tertiary alicyclic amines) is 1. The predicted octanol–water partition coefficient (Wildman–Crippen LogP) is 2.30. The Morgan fingerprint density at radius 1 is 1.57 bits per heavy atom.